The van der Waals surface area contributed by atoms with Crippen molar-refractivity contribution in [2.45, 2.75) is 46.1 Å². The molecule has 1 nitrogen and oxygen atoms in total. The molecule has 1 aliphatic carbocycles. The van der Waals surface area contributed by atoms with Crippen LogP contribution in [0.4, 0.5) is 0 Å². The molecule has 0 spiro atoms. The van der Waals surface area contributed by atoms with Gasteiger partial charge < -0.3 is 5.73 Å². The lowest BCUT2D eigenvalue weighted by Gasteiger charge is -2.41. The van der Waals surface area contributed by atoms with Gasteiger partial charge in [0.05, 0.1) is 0 Å². The van der Waals surface area contributed by atoms with Gasteiger partial charge in [-0.3, -0.25) is 0 Å². The van der Waals surface area contributed by atoms with Crippen LogP contribution in [-0.2, 0) is 0 Å². The first-order valence-corrected chi connectivity index (χ1v) is 4.30. The predicted molar refractivity (Wildman–Crippen MR) is 44.8 cm³/mol. The molecule has 10 heavy (non-hydrogen) atoms. The normalized spacial score (nSPS) is 39.6. The second-order valence-corrected chi connectivity index (χ2v) is 4.26. The standard InChI is InChI=1S/C9H19N/c1-7-5-4-6-8(10)9(7,2)3/h7-8H,4-6,10H2,1-3H3/t7-,8+/m0/s1. The van der Waals surface area contributed by atoms with Crippen molar-refractivity contribution in [1.29, 1.82) is 0 Å². The summed E-state index contributed by atoms with van der Waals surface area (Å²) in [5.74, 6) is 0.802. The average Bonchev–Trinajstić information content (AvgIpc) is 1.84. The molecule has 1 saturated carbocycles. The van der Waals surface area contributed by atoms with Crippen molar-refractivity contribution in [2.75, 3.05) is 0 Å². The fourth-order valence-corrected chi connectivity index (χ4v) is 1.75. The van der Waals surface area contributed by atoms with E-state index >= 15 is 0 Å². The third-order valence-corrected chi connectivity index (χ3v) is 3.38. The fraction of sp³-hybridized carbons (Fsp3) is 1.00. The Kier molecular flexibility index (Phi) is 2.04. The second-order valence-electron chi connectivity index (χ2n) is 4.26. The molecule has 0 bridgehead atoms. The molecule has 1 aliphatic rings. The second kappa shape index (κ2) is 2.54. The third kappa shape index (κ3) is 1.20. The molecule has 1 fully saturated rings. The van der Waals surface area contributed by atoms with E-state index in [4.69, 9.17) is 5.73 Å². The number of rotatable bonds is 0. The van der Waals surface area contributed by atoms with E-state index in [0.29, 0.717) is 11.5 Å². The van der Waals surface area contributed by atoms with E-state index in [9.17, 15) is 0 Å². The van der Waals surface area contributed by atoms with Gasteiger partial charge in [0.1, 0.15) is 0 Å². The van der Waals surface area contributed by atoms with Crippen LogP contribution in [0.2, 0.25) is 0 Å². The zero-order chi connectivity index (χ0) is 7.78. The minimum Gasteiger partial charge on any atom is -0.327 e. The van der Waals surface area contributed by atoms with Crippen LogP contribution in [0.1, 0.15) is 40.0 Å². The minimum absolute atomic E-state index is 0.373. The molecule has 0 aromatic rings. The fourth-order valence-electron chi connectivity index (χ4n) is 1.75. The minimum atomic E-state index is 0.373. The van der Waals surface area contributed by atoms with E-state index < -0.39 is 0 Å². The largest absolute Gasteiger partial charge is 0.327 e. The molecule has 2 atom stereocenters. The van der Waals surface area contributed by atoms with Gasteiger partial charge in [-0.25, -0.2) is 0 Å². The van der Waals surface area contributed by atoms with Crippen LogP contribution in [-0.4, -0.2) is 6.04 Å². The molecule has 0 amide bonds. The highest BCUT2D eigenvalue weighted by atomic mass is 14.7. The zero-order valence-electron chi connectivity index (χ0n) is 7.35. The van der Waals surface area contributed by atoms with Gasteiger partial charge in [0.15, 0.2) is 0 Å². The zero-order valence-corrected chi connectivity index (χ0v) is 7.35. The SMILES string of the molecule is C[C@H]1CCC[C@@H](N)C1(C)C. The lowest BCUT2D eigenvalue weighted by Crippen LogP contribution is -2.44. The van der Waals surface area contributed by atoms with E-state index in [0.717, 1.165) is 5.92 Å². The van der Waals surface area contributed by atoms with Crippen molar-refractivity contribution >= 4 is 0 Å². The smallest absolute Gasteiger partial charge is 0.00928 e. The number of hydrogen-bond donors (Lipinski definition) is 1. The summed E-state index contributed by atoms with van der Waals surface area (Å²) < 4.78 is 0. The topological polar surface area (TPSA) is 26.0 Å². The van der Waals surface area contributed by atoms with Gasteiger partial charge >= 0.3 is 0 Å². The lowest BCUT2D eigenvalue weighted by atomic mass is 9.67. The van der Waals surface area contributed by atoms with E-state index in [2.05, 4.69) is 20.8 Å². The van der Waals surface area contributed by atoms with E-state index in [1.165, 1.54) is 19.3 Å². The van der Waals surface area contributed by atoms with E-state index in [1.807, 2.05) is 0 Å². The summed E-state index contributed by atoms with van der Waals surface area (Å²) in [7, 11) is 0. The molecule has 0 radical (unpaired) electrons. The Labute approximate surface area is 64.0 Å². The van der Waals surface area contributed by atoms with Gasteiger partial charge in [0, 0.05) is 6.04 Å². The summed E-state index contributed by atoms with van der Waals surface area (Å²) in [5, 5.41) is 0. The van der Waals surface area contributed by atoms with Crippen LogP contribution in [0.5, 0.6) is 0 Å². The van der Waals surface area contributed by atoms with Gasteiger partial charge in [-0.1, -0.05) is 33.6 Å². The summed E-state index contributed by atoms with van der Waals surface area (Å²) in [5.41, 5.74) is 6.38. The van der Waals surface area contributed by atoms with Crippen molar-refractivity contribution in [2.24, 2.45) is 17.1 Å². The first kappa shape index (κ1) is 8.06. The average molecular weight is 141 g/mol. The van der Waals surface area contributed by atoms with Crippen LogP contribution in [0, 0.1) is 11.3 Å². The summed E-state index contributed by atoms with van der Waals surface area (Å²) in [6.07, 6.45) is 3.91. The Hall–Kier alpha value is -0.0400. The molecule has 0 aromatic carbocycles. The highest BCUT2D eigenvalue weighted by Crippen LogP contribution is 2.39. The summed E-state index contributed by atoms with van der Waals surface area (Å²) >= 11 is 0. The lowest BCUT2D eigenvalue weighted by molar-refractivity contribution is 0.123. The molecule has 0 unspecified atom stereocenters. The van der Waals surface area contributed by atoms with E-state index in [1.54, 1.807) is 0 Å². The van der Waals surface area contributed by atoms with Crippen LogP contribution in [0.3, 0.4) is 0 Å². The summed E-state index contributed by atoms with van der Waals surface area (Å²) in [6.45, 7) is 6.90. The molecule has 1 rings (SSSR count). The first-order valence-electron chi connectivity index (χ1n) is 4.30. The molecular formula is C9H19N. The molecule has 0 aromatic heterocycles. The summed E-state index contributed by atoms with van der Waals surface area (Å²) in [6, 6.07) is 0.427. The maximum atomic E-state index is 6.00. The Morgan fingerprint density at radius 3 is 2.30 bits per heavy atom. The molecule has 0 heterocycles. The Morgan fingerprint density at radius 2 is 1.90 bits per heavy atom. The van der Waals surface area contributed by atoms with Crippen molar-refractivity contribution in [3.63, 3.8) is 0 Å². The molecule has 0 saturated heterocycles. The molecule has 2 N–H and O–H groups in total. The van der Waals surface area contributed by atoms with Gasteiger partial charge in [0.2, 0.25) is 0 Å². The van der Waals surface area contributed by atoms with Crippen molar-refractivity contribution < 1.29 is 0 Å². The van der Waals surface area contributed by atoms with E-state index in [-0.39, 0.29) is 0 Å². The summed E-state index contributed by atoms with van der Waals surface area (Å²) in [4.78, 5) is 0. The Bertz CT molecular complexity index is 106. The Morgan fingerprint density at radius 1 is 1.30 bits per heavy atom. The quantitative estimate of drug-likeness (QED) is 0.549. The van der Waals surface area contributed by atoms with Gasteiger partial charge in [0.25, 0.3) is 0 Å². The highest BCUT2D eigenvalue weighted by molar-refractivity contribution is 4.89. The number of hydrogen-bond acceptors (Lipinski definition) is 1. The molecule has 0 aliphatic heterocycles. The predicted octanol–water partition coefficient (Wildman–Crippen LogP) is 2.16. The number of nitrogens with two attached hydrogens (primary N) is 1. The van der Waals surface area contributed by atoms with Crippen molar-refractivity contribution in [3.05, 3.63) is 0 Å². The maximum absolute atomic E-state index is 6.00. The van der Waals surface area contributed by atoms with Crippen molar-refractivity contribution in [1.82, 2.24) is 0 Å². The molecular weight excluding hydrogens is 122 g/mol. The van der Waals surface area contributed by atoms with Gasteiger partial charge in [-0.15, -0.1) is 0 Å². The van der Waals surface area contributed by atoms with Gasteiger partial charge in [-0.05, 0) is 17.8 Å². The first-order chi connectivity index (χ1) is 4.55. The molecule has 1 heteroatoms. The highest BCUT2D eigenvalue weighted by Gasteiger charge is 2.35. The maximum Gasteiger partial charge on any atom is 0.00928 e. The Balaban J connectivity index is 2.63. The van der Waals surface area contributed by atoms with Crippen LogP contribution in [0.25, 0.3) is 0 Å². The monoisotopic (exact) mass is 141 g/mol. The van der Waals surface area contributed by atoms with Crippen molar-refractivity contribution in [3.8, 4) is 0 Å². The van der Waals surface area contributed by atoms with Crippen LogP contribution >= 0.6 is 0 Å². The van der Waals surface area contributed by atoms with Crippen LogP contribution < -0.4 is 5.73 Å². The van der Waals surface area contributed by atoms with Crippen LogP contribution in [0.15, 0.2) is 0 Å². The third-order valence-electron chi connectivity index (χ3n) is 3.38. The molecule has 60 valence electrons. The van der Waals surface area contributed by atoms with Gasteiger partial charge in [-0.2, -0.15) is 0 Å².